The minimum Gasteiger partial charge on any atom is -0.490 e. The number of para-hydroxylation sites is 1. The number of rotatable bonds is 8. The number of hydrogen-bond acceptors (Lipinski definition) is 3. The number of hydrogen-bond donors (Lipinski definition) is 2. The highest BCUT2D eigenvalue weighted by Gasteiger charge is 2.24. The van der Waals surface area contributed by atoms with Crippen molar-refractivity contribution in [1.82, 2.24) is 0 Å². The topological polar surface area (TPSA) is 37.1 Å². The van der Waals surface area contributed by atoms with Crippen molar-refractivity contribution in [1.29, 1.82) is 0 Å². The Kier molecular flexibility index (Phi) is 7.82. The molecule has 1 fully saturated rings. The molecule has 1 aliphatic rings. The summed E-state index contributed by atoms with van der Waals surface area (Å²) in [4.78, 5) is 3.82. The number of ether oxygens (including phenoxy) is 1. The number of nitrogens with one attached hydrogen (secondary N) is 1. The van der Waals surface area contributed by atoms with Crippen molar-refractivity contribution >= 4 is 17.3 Å². The molecular weight excluding hydrogens is 384 g/mol. The predicted octanol–water partition coefficient (Wildman–Crippen LogP) is 3.31. The molecule has 3 rings (SSSR count). The third-order valence-electron chi connectivity index (χ3n) is 6.00. The minimum atomic E-state index is -0.463. The highest BCUT2D eigenvalue weighted by molar-refractivity contribution is 6.30. The van der Waals surface area contributed by atoms with Crippen LogP contribution in [0.1, 0.15) is 37.3 Å². The third-order valence-corrected chi connectivity index (χ3v) is 6.24. The van der Waals surface area contributed by atoms with E-state index in [0.29, 0.717) is 19.1 Å². The first-order valence-corrected chi connectivity index (χ1v) is 11.1. The number of quaternary nitrogens is 1. The van der Waals surface area contributed by atoms with Gasteiger partial charge in [-0.2, -0.15) is 0 Å². The van der Waals surface area contributed by atoms with Crippen LogP contribution in [-0.2, 0) is 0 Å². The molecule has 1 heterocycles. The molecule has 0 bridgehead atoms. The average Bonchev–Trinajstić information content (AvgIpc) is 2.74. The lowest BCUT2D eigenvalue weighted by molar-refractivity contribution is -0.903. The summed E-state index contributed by atoms with van der Waals surface area (Å²) >= 11 is 6.18. The van der Waals surface area contributed by atoms with E-state index in [1.165, 1.54) is 21.7 Å². The van der Waals surface area contributed by atoms with Gasteiger partial charge in [0.25, 0.3) is 0 Å². The lowest BCUT2D eigenvalue weighted by Crippen LogP contribution is -3.16. The van der Waals surface area contributed by atoms with Crippen LogP contribution >= 0.6 is 11.6 Å². The van der Waals surface area contributed by atoms with Gasteiger partial charge < -0.3 is 19.6 Å². The first-order chi connectivity index (χ1) is 14.0. The van der Waals surface area contributed by atoms with E-state index >= 15 is 0 Å². The van der Waals surface area contributed by atoms with Crippen molar-refractivity contribution < 1.29 is 14.7 Å². The fourth-order valence-corrected chi connectivity index (χ4v) is 4.17. The van der Waals surface area contributed by atoms with Gasteiger partial charge in [-0.15, -0.1) is 0 Å². The lowest BCUT2D eigenvalue weighted by atomic mass is 9.98. The summed E-state index contributed by atoms with van der Waals surface area (Å²) < 4.78 is 5.99. The van der Waals surface area contributed by atoms with Gasteiger partial charge in [0.2, 0.25) is 0 Å². The maximum atomic E-state index is 10.5. The van der Waals surface area contributed by atoms with E-state index in [0.717, 1.165) is 43.4 Å². The van der Waals surface area contributed by atoms with E-state index in [9.17, 15) is 5.11 Å². The van der Waals surface area contributed by atoms with Gasteiger partial charge in [0.05, 0.1) is 26.2 Å². The Morgan fingerprint density at radius 1 is 1.17 bits per heavy atom. The van der Waals surface area contributed by atoms with Gasteiger partial charge in [-0.3, -0.25) is 0 Å². The second kappa shape index (κ2) is 10.3. The SMILES string of the molecule is CC[C@@H](C)c1ccccc1OC[C@H](O)C[NH+]1CCN(c2cc(Cl)ccc2C)CC1. The lowest BCUT2D eigenvalue weighted by Gasteiger charge is -2.35. The van der Waals surface area contributed by atoms with E-state index in [1.54, 1.807) is 0 Å². The smallest absolute Gasteiger partial charge is 0.137 e. The van der Waals surface area contributed by atoms with E-state index in [4.69, 9.17) is 16.3 Å². The van der Waals surface area contributed by atoms with Crippen LogP contribution in [0.25, 0.3) is 0 Å². The number of piperazine rings is 1. The Labute approximate surface area is 180 Å². The first-order valence-electron chi connectivity index (χ1n) is 10.7. The standard InChI is InChI=1S/C24H33ClN2O2/c1-4-18(2)22-7-5-6-8-24(22)29-17-21(28)16-26-11-13-27(14-12-26)23-15-20(25)10-9-19(23)3/h5-10,15,18,21,28H,4,11-14,16-17H2,1-3H3/p+1/t18-,21-/m1/s1. The predicted molar refractivity (Wildman–Crippen MR) is 121 cm³/mol. The van der Waals surface area contributed by atoms with Gasteiger partial charge in [0.1, 0.15) is 25.0 Å². The van der Waals surface area contributed by atoms with E-state index in [-0.39, 0.29) is 0 Å². The van der Waals surface area contributed by atoms with Gasteiger partial charge in [0.15, 0.2) is 0 Å². The van der Waals surface area contributed by atoms with Crippen molar-refractivity contribution in [2.75, 3.05) is 44.2 Å². The summed E-state index contributed by atoms with van der Waals surface area (Å²) in [6.45, 7) is 11.5. The normalized spacial score (nSPS) is 17.2. The molecule has 29 heavy (non-hydrogen) atoms. The molecule has 0 spiro atoms. The summed E-state index contributed by atoms with van der Waals surface area (Å²) in [6.07, 6.45) is 0.609. The molecule has 2 aromatic rings. The molecule has 0 radical (unpaired) electrons. The number of benzene rings is 2. The molecule has 2 N–H and O–H groups in total. The van der Waals surface area contributed by atoms with Gasteiger partial charge in [-0.05, 0) is 48.6 Å². The summed E-state index contributed by atoms with van der Waals surface area (Å²) in [6, 6.07) is 14.3. The quantitative estimate of drug-likeness (QED) is 0.692. The average molecular weight is 418 g/mol. The van der Waals surface area contributed by atoms with E-state index in [1.807, 2.05) is 18.2 Å². The van der Waals surface area contributed by atoms with Crippen LogP contribution in [0.2, 0.25) is 5.02 Å². The first kappa shape index (κ1) is 21.9. The Morgan fingerprint density at radius 3 is 2.62 bits per heavy atom. The Bertz CT molecular complexity index is 790. The second-order valence-electron chi connectivity index (χ2n) is 8.18. The molecule has 158 valence electrons. The molecule has 0 aliphatic carbocycles. The van der Waals surface area contributed by atoms with Crippen molar-refractivity contribution in [2.24, 2.45) is 0 Å². The van der Waals surface area contributed by atoms with Crippen molar-refractivity contribution in [3.63, 3.8) is 0 Å². The molecule has 0 saturated carbocycles. The number of aliphatic hydroxyl groups is 1. The maximum Gasteiger partial charge on any atom is 0.137 e. The molecule has 1 saturated heterocycles. The maximum absolute atomic E-state index is 10.5. The van der Waals surface area contributed by atoms with Crippen LogP contribution in [-0.4, -0.2) is 50.5 Å². The van der Waals surface area contributed by atoms with Crippen LogP contribution in [0, 0.1) is 6.92 Å². The zero-order chi connectivity index (χ0) is 20.8. The molecule has 2 atom stereocenters. The van der Waals surface area contributed by atoms with Crippen LogP contribution in [0.15, 0.2) is 42.5 Å². The molecule has 0 aromatic heterocycles. The molecule has 0 amide bonds. The fourth-order valence-electron chi connectivity index (χ4n) is 4.01. The minimum absolute atomic E-state index is 0.341. The number of aryl methyl sites for hydroxylation is 1. The van der Waals surface area contributed by atoms with E-state index < -0.39 is 6.10 Å². The summed E-state index contributed by atoms with van der Waals surface area (Å²) in [5, 5.41) is 11.3. The largest absolute Gasteiger partial charge is 0.490 e. The molecule has 0 unspecified atom stereocenters. The van der Waals surface area contributed by atoms with Gasteiger partial charge in [-0.25, -0.2) is 0 Å². The Hall–Kier alpha value is -1.75. The van der Waals surface area contributed by atoms with Crippen LogP contribution in [0.3, 0.4) is 0 Å². The number of aliphatic hydroxyl groups excluding tert-OH is 1. The van der Waals surface area contributed by atoms with Crippen molar-refractivity contribution in [3.05, 3.63) is 58.6 Å². The Balaban J connectivity index is 1.48. The monoisotopic (exact) mass is 417 g/mol. The number of anilines is 1. The summed E-state index contributed by atoms with van der Waals surface area (Å²) in [5.41, 5.74) is 3.70. The summed E-state index contributed by atoms with van der Waals surface area (Å²) in [5.74, 6) is 1.36. The fraction of sp³-hybridized carbons (Fsp3) is 0.500. The van der Waals surface area contributed by atoms with Crippen LogP contribution in [0.4, 0.5) is 5.69 Å². The zero-order valence-corrected chi connectivity index (χ0v) is 18.6. The zero-order valence-electron chi connectivity index (χ0n) is 17.8. The van der Waals surface area contributed by atoms with Crippen LogP contribution < -0.4 is 14.5 Å². The molecule has 4 nitrogen and oxygen atoms in total. The number of nitrogens with zero attached hydrogens (tertiary/aromatic N) is 1. The number of halogens is 1. The third kappa shape index (κ3) is 5.88. The molecule has 2 aromatic carbocycles. The van der Waals surface area contributed by atoms with Gasteiger partial charge >= 0.3 is 0 Å². The van der Waals surface area contributed by atoms with Crippen LogP contribution in [0.5, 0.6) is 5.75 Å². The molecule has 5 heteroatoms. The van der Waals surface area contributed by atoms with Crippen molar-refractivity contribution in [3.8, 4) is 5.75 Å². The Morgan fingerprint density at radius 2 is 1.90 bits per heavy atom. The summed E-state index contributed by atoms with van der Waals surface area (Å²) in [7, 11) is 0. The second-order valence-corrected chi connectivity index (χ2v) is 8.62. The molecule has 1 aliphatic heterocycles. The van der Waals surface area contributed by atoms with Crippen molar-refractivity contribution in [2.45, 2.75) is 39.2 Å². The highest BCUT2D eigenvalue weighted by Crippen LogP contribution is 2.28. The van der Waals surface area contributed by atoms with Gasteiger partial charge in [-0.1, -0.05) is 49.7 Å². The highest BCUT2D eigenvalue weighted by atomic mass is 35.5. The van der Waals surface area contributed by atoms with Gasteiger partial charge in [0, 0.05) is 10.7 Å². The molecular formula is C24H34ClN2O2+. The van der Waals surface area contributed by atoms with E-state index in [2.05, 4.69) is 49.9 Å².